The van der Waals surface area contributed by atoms with E-state index in [-0.39, 0.29) is 18.0 Å². The van der Waals surface area contributed by atoms with Crippen LogP contribution in [-0.4, -0.2) is 36.6 Å². The Hall–Kier alpha value is -2.40. The van der Waals surface area contributed by atoms with Crippen LogP contribution in [0.25, 0.3) is 0 Å². The van der Waals surface area contributed by atoms with Crippen LogP contribution in [0.3, 0.4) is 0 Å². The van der Waals surface area contributed by atoms with Crippen LogP contribution in [0.1, 0.15) is 35.8 Å². The summed E-state index contributed by atoms with van der Waals surface area (Å²) in [5.74, 6) is 0.803. The molecule has 0 radical (unpaired) electrons. The average molecular weight is 324 g/mol. The Labute approximate surface area is 143 Å². The van der Waals surface area contributed by atoms with E-state index < -0.39 is 0 Å². The summed E-state index contributed by atoms with van der Waals surface area (Å²) in [6.07, 6.45) is 1.71. The number of amides is 1. The van der Waals surface area contributed by atoms with Gasteiger partial charge in [-0.2, -0.15) is 0 Å². The Kier molecular flexibility index (Phi) is 5.11. The standard InChI is InChI=1S/C19H24N4O/c1-14(2)22-19(24)16-8-9-21-18(12-16)23-11-10-20-17(13-23)15-6-4-3-5-7-15/h3-9,12,14,17,20H,10-11,13H2,1-2H3,(H,22,24). The van der Waals surface area contributed by atoms with Crippen molar-refractivity contribution < 1.29 is 4.79 Å². The van der Waals surface area contributed by atoms with Crippen molar-refractivity contribution in [2.45, 2.75) is 25.9 Å². The molecule has 0 spiro atoms. The summed E-state index contributed by atoms with van der Waals surface area (Å²) >= 11 is 0. The summed E-state index contributed by atoms with van der Waals surface area (Å²) in [5.41, 5.74) is 1.93. The molecule has 24 heavy (non-hydrogen) atoms. The van der Waals surface area contributed by atoms with Crippen LogP contribution in [0.4, 0.5) is 5.82 Å². The summed E-state index contributed by atoms with van der Waals surface area (Å²) in [6.45, 7) is 6.53. The zero-order valence-corrected chi connectivity index (χ0v) is 14.2. The van der Waals surface area contributed by atoms with Gasteiger partial charge in [0.05, 0.1) is 0 Å². The topological polar surface area (TPSA) is 57.3 Å². The fourth-order valence-electron chi connectivity index (χ4n) is 2.94. The first-order valence-electron chi connectivity index (χ1n) is 8.43. The molecule has 0 saturated carbocycles. The Morgan fingerprint density at radius 3 is 2.83 bits per heavy atom. The van der Waals surface area contributed by atoms with Gasteiger partial charge in [0.2, 0.25) is 0 Å². The lowest BCUT2D eigenvalue weighted by Gasteiger charge is -2.35. The van der Waals surface area contributed by atoms with Crippen molar-refractivity contribution in [3.8, 4) is 0 Å². The number of hydrogen-bond acceptors (Lipinski definition) is 4. The molecule has 5 heteroatoms. The lowest BCUT2D eigenvalue weighted by molar-refractivity contribution is 0.0943. The zero-order chi connectivity index (χ0) is 16.9. The summed E-state index contributed by atoms with van der Waals surface area (Å²) in [7, 11) is 0. The van der Waals surface area contributed by atoms with Crippen LogP contribution in [0.2, 0.25) is 0 Å². The van der Waals surface area contributed by atoms with E-state index in [0.29, 0.717) is 5.56 Å². The number of nitrogens with one attached hydrogen (secondary N) is 2. The van der Waals surface area contributed by atoms with Crippen LogP contribution >= 0.6 is 0 Å². The molecule has 2 N–H and O–H groups in total. The predicted molar refractivity (Wildman–Crippen MR) is 96.2 cm³/mol. The maximum Gasteiger partial charge on any atom is 0.251 e. The number of nitrogens with zero attached hydrogens (tertiary/aromatic N) is 2. The molecule has 2 heterocycles. The van der Waals surface area contributed by atoms with E-state index in [1.54, 1.807) is 12.3 Å². The average Bonchev–Trinajstić information content (AvgIpc) is 2.62. The van der Waals surface area contributed by atoms with Crippen LogP contribution in [-0.2, 0) is 0 Å². The highest BCUT2D eigenvalue weighted by Gasteiger charge is 2.22. The van der Waals surface area contributed by atoms with Crippen molar-refractivity contribution in [3.05, 3.63) is 59.8 Å². The molecular weight excluding hydrogens is 300 g/mol. The molecular formula is C19H24N4O. The van der Waals surface area contributed by atoms with Gasteiger partial charge < -0.3 is 15.5 Å². The second kappa shape index (κ2) is 7.45. The minimum atomic E-state index is -0.0524. The van der Waals surface area contributed by atoms with Crippen molar-refractivity contribution in [2.75, 3.05) is 24.5 Å². The first-order chi connectivity index (χ1) is 11.6. The molecule has 0 aliphatic carbocycles. The lowest BCUT2D eigenvalue weighted by atomic mass is 10.0. The molecule has 1 atom stereocenters. The summed E-state index contributed by atoms with van der Waals surface area (Å²) in [4.78, 5) is 18.9. The molecule has 2 aromatic rings. The van der Waals surface area contributed by atoms with Gasteiger partial charge in [0.25, 0.3) is 5.91 Å². The Bertz CT molecular complexity index is 687. The smallest absolute Gasteiger partial charge is 0.251 e. The molecule has 126 valence electrons. The molecule has 1 amide bonds. The van der Waals surface area contributed by atoms with Gasteiger partial charge >= 0.3 is 0 Å². The van der Waals surface area contributed by atoms with Gasteiger partial charge in [-0.1, -0.05) is 30.3 Å². The predicted octanol–water partition coefficient (Wildman–Crippen LogP) is 2.37. The van der Waals surface area contributed by atoms with Crippen molar-refractivity contribution in [1.82, 2.24) is 15.6 Å². The van der Waals surface area contributed by atoms with Crippen molar-refractivity contribution in [3.63, 3.8) is 0 Å². The first kappa shape index (κ1) is 16.5. The molecule has 0 bridgehead atoms. The molecule has 3 rings (SSSR count). The fraction of sp³-hybridized carbons (Fsp3) is 0.368. The number of rotatable bonds is 4. The van der Waals surface area contributed by atoms with E-state index in [1.165, 1.54) is 5.56 Å². The minimum Gasteiger partial charge on any atom is -0.353 e. The third kappa shape index (κ3) is 3.92. The highest BCUT2D eigenvalue weighted by Crippen LogP contribution is 2.21. The van der Waals surface area contributed by atoms with Crippen LogP contribution < -0.4 is 15.5 Å². The molecule has 1 aromatic heterocycles. The van der Waals surface area contributed by atoms with Gasteiger partial charge in [0.15, 0.2) is 0 Å². The van der Waals surface area contributed by atoms with Crippen molar-refractivity contribution in [2.24, 2.45) is 0 Å². The van der Waals surface area contributed by atoms with Crippen molar-refractivity contribution in [1.29, 1.82) is 0 Å². The molecule has 1 fully saturated rings. The molecule has 1 unspecified atom stereocenters. The monoisotopic (exact) mass is 324 g/mol. The summed E-state index contributed by atoms with van der Waals surface area (Å²) in [5, 5.41) is 6.48. The quantitative estimate of drug-likeness (QED) is 0.906. The number of carbonyl (C=O) groups excluding carboxylic acids is 1. The van der Waals surface area contributed by atoms with Crippen LogP contribution in [0, 0.1) is 0 Å². The largest absolute Gasteiger partial charge is 0.353 e. The maximum absolute atomic E-state index is 12.2. The van der Waals surface area contributed by atoms with Gasteiger partial charge in [-0.15, -0.1) is 0 Å². The van der Waals surface area contributed by atoms with Crippen LogP contribution in [0.5, 0.6) is 0 Å². The molecule has 1 aliphatic heterocycles. The van der Waals surface area contributed by atoms with E-state index >= 15 is 0 Å². The second-order valence-electron chi connectivity index (χ2n) is 6.39. The third-order valence-corrected chi connectivity index (χ3v) is 4.13. The van der Waals surface area contributed by atoms with Crippen LogP contribution in [0.15, 0.2) is 48.7 Å². The molecule has 5 nitrogen and oxygen atoms in total. The highest BCUT2D eigenvalue weighted by atomic mass is 16.1. The number of piperazine rings is 1. The first-order valence-corrected chi connectivity index (χ1v) is 8.43. The van der Waals surface area contributed by atoms with Gasteiger partial charge in [0, 0.05) is 43.5 Å². The van der Waals surface area contributed by atoms with E-state index in [2.05, 4.69) is 44.8 Å². The van der Waals surface area contributed by atoms with Gasteiger partial charge in [-0.25, -0.2) is 4.98 Å². The van der Waals surface area contributed by atoms with E-state index in [1.807, 2.05) is 26.0 Å². The number of aromatic nitrogens is 1. The molecule has 1 saturated heterocycles. The minimum absolute atomic E-state index is 0.0524. The van der Waals surface area contributed by atoms with Gasteiger partial charge in [-0.05, 0) is 31.5 Å². The maximum atomic E-state index is 12.2. The number of anilines is 1. The number of hydrogen-bond donors (Lipinski definition) is 2. The number of carbonyl (C=O) groups is 1. The normalized spacial score (nSPS) is 17.8. The van der Waals surface area contributed by atoms with E-state index in [4.69, 9.17) is 0 Å². The lowest BCUT2D eigenvalue weighted by Crippen LogP contribution is -2.46. The van der Waals surface area contributed by atoms with Gasteiger partial charge in [-0.3, -0.25) is 4.79 Å². The Morgan fingerprint density at radius 2 is 2.08 bits per heavy atom. The highest BCUT2D eigenvalue weighted by molar-refractivity contribution is 5.94. The zero-order valence-electron chi connectivity index (χ0n) is 14.2. The number of pyridine rings is 1. The molecule has 1 aliphatic rings. The summed E-state index contributed by atoms with van der Waals surface area (Å²) in [6, 6.07) is 14.5. The number of benzene rings is 1. The summed E-state index contributed by atoms with van der Waals surface area (Å²) < 4.78 is 0. The Morgan fingerprint density at radius 1 is 1.29 bits per heavy atom. The third-order valence-electron chi connectivity index (χ3n) is 4.13. The SMILES string of the molecule is CC(C)NC(=O)c1ccnc(N2CCNC(c3ccccc3)C2)c1. The Balaban J connectivity index is 1.75. The fourth-order valence-corrected chi connectivity index (χ4v) is 2.94. The van der Waals surface area contributed by atoms with E-state index in [0.717, 1.165) is 25.5 Å². The van der Waals surface area contributed by atoms with E-state index in [9.17, 15) is 4.79 Å². The molecule has 1 aromatic carbocycles. The van der Waals surface area contributed by atoms with Gasteiger partial charge in [0.1, 0.15) is 5.82 Å². The second-order valence-corrected chi connectivity index (χ2v) is 6.39. The van der Waals surface area contributed by atoms with Crippen molar-refractivity contribution >= 4 is 11.7 Å².